The van der Waals surface area contributed by atoms with Gasteiger partial charge in [0.25, 0.3) is 0 Å². The van der Waals surface area contributed by atoms with Crippen LogP contribution in [0.25, 0.3) is 0 Å². The van der Waals surface area contributed by atoms with Crippen molar-refractivity contribution in [3.63, 3.8) is 0 Å². The summed E-state index contributed by atoms with van der Waals surface area (Å²) < 4.78 is 21.8. The molecule has 0 aromatic rings. The van der Waals surface area contributed by atoms with Crippen LogP contribution in [-0.4, -0.2) is 37.4 Å². The number of aldehydes is 1. The van der Waals surface area contributed by atoms with Crippen LogP contribution in [0.15, 0.2) is 0 Å². The van der Waals surface area contributed by atoms with Crippen LogP contribution in [0.2, 0.25) is 0 Å². The van der Waals surface area contributed by atoms with Gasteiger partial charge in [-0.1, -0.05) is 6.92 Å². The molecule has 0 radical (unpaired) electrons. The van der Waals surface area contributed by atoms with E-state index in [4.69, 9.17) is 0 Å². The fourth-order valence-corrected chi connectivity index (χ4v) is 3.72. The van der Waals surface area contributed by atoms with Gasteiger partial charge in [0.05, 0.1) is 23.0 Å². The quantitative estimate of drug-likeness (QED) is 0.644. The summed E-state index contributed by atoms with van der Waals surface area (Å²) in [5.41, 5.74) is -0.797. The average Bonchev–Trinajstić information content (AvgIpc) is 2.00. The first-order chi connectivity index (χ1) is 5.93. The molecular weight excluding hydrogens is 192 g/mol. The van der Waals surface area contributed by atoms with E-state index in [1.807, 2.05) is 0 Å². The molecule has 13 heavy (non-hydrogen) atoms. The number of rotatable bonds is 4. The lowest BCUT2D eigenvalue weighted by molar-refractivity contribution is -0.116. The van der Waals surface area contributed by atoms with Crippen LogP contribution in [0.5, 0.6) is 0 Å². The molecule has 0 aliphatic carbocycles. The second-order valence-corrected chi connectivity index (χ2v) is 5.84. The van der Waals surface area contributed by atoms with Crippen LogP contribution in [0, 0.1) is 5.41 Å². The Labute approximate surface area is 77.9 Å². The van der Waals surface area contributed by atoms with Crippen molar-refractivity contribution in [2.24, 2.45) is 5.41 Å². The van der Waals surface area contributed by atoms with Crippen molar-refractivity contribution in [1.29, 1.82) is 0 Å². The summed E-state index contributed by atoms with van der Waals surface area (Å²) in [6, 6.07) is 0. The molecule has 1 unspecified atom stereocenters. The minimum atomic E-state index is -3.00. The van der Waals surface area contributed by atoms with Crippen molar-refractivity contribution in [2.75, 3.05) is 11.5 Å². The summed E-state index contributed by atoms with van der Waals surface area (Å²) >= 11 is 0. The number of hydrogen-bond acceptors (Lipinski definition) is 4. The summed E-state index contributed by atoms with van der Waals surface area (Å²) in [6.07, 6.45) is 0.926. The number of carbonyl (C=O) groups excluding carboxylic acids is 1. The van der Waals surface area contributed by atoms with Crippen molar-refractivity contribution in [2.45, 2.75) is 25.9 Å². The summed E-state index contributed by atoms with van der Waals surface area (Å²) in [5, 5.41) is 9.31. The highest BCUT2D eigenvalue weighted by atomic mass is 32.2. The highest BCUT2D eigenvalue weighted by molar-refractivity contribution is 7.93. The minimum absolute atomic E-state index is 0.0967. The molecule has 5 heteroatoms. The van der Waals surface area contributed by atoms with E-state index in [1.54, 1.807) is 6.92 Å². The van der Waals surface area contributed by atoms with Gasteiger partial charge in [-0.2, -0.15) is 0 Å². The average molecular weight is 206 g/mol. The number of aliphatic hydroxyl groups excluding tert-OH is 1. The lowest BCUT2D eigenvalue weighted by atomic mass is 9.86. The van der Waals surface area contributed by atoms with E-state index in [0.717, 1.165) is 0 Å². The molecule has 1 rings (SSSR count). The topological polar surface area (TPSA) is 71.4 Å². The summed E-state index contributed by atoms with van der Waals surface area (Å²) in [4.78, 5) is 10.7. The number of hydrogen-bond donors (Lipinski definition) is 1. The molecule has 4 nitrogen and oxygen atoms in total. The predicted molar refractivity (Wildman–Crippen MR) is 48.1 cm³/mol. The van der Waals surface area contributed by atoms with E-state index < -0.39 is 21.4 Å². The van der Waals surface area contributed by atoms with Crippen molar-refractivity contribution in [1.82, 2.24) is 0 Å². The Hall–Kier alpha value is -0.420. The standard InChI is InChI=1S/C8H14O4S/c1-2-7(10)3-8(4-9)5-13(11,12)6-8/h4,7,10H,2-3,5-6H2,1H3. The number of carbonyl (C=O) groups is 1. The first-order valence-corrected chi connectivity index (χ1v) is 6.10. The molecule has 0 spiro atoms. The molecule has 76 valence electrons. The van der Waals surface area contributed by atoms with Crippen LogP contribution >= 0.6 is 0 Å². The van der Waals surface area contributed by atoms with Crippen LogP contribution < -0.4 is 0 Å². The molecule has 1 aliphatic heterocycles. The highest BCUT2D eigenvalue weighted by Crippen LogP contribution is 2.35. The summed E-state index contributed by atoms with van der Waals surface area (Å²) in [5.74, 6) is -0.193. The monoisotopic (exact) mass is 206 g/mol. The maximum absolute atomic E-state index is 10.9. The third kappa shape index (κ3) is 2.28. The first kappa shape index (κ1) is 10.7. The molecular formula is C8H14O4S. The van der Waals surface area contributed by atoms with E-state index in [2.05, 4.69) is 0 Å². The van der Waals surface area contributed by atoms with Gasteiger partial charge in [0.15, 0.2) is 9.84 Å². The van der Waals surface area contributed by atoms with Crippen molar-refractivity contribution >= 4 is 16.1 Å². The van der Waals surface area contributed by atoms with Crippen LogP contribution in [0.4, 0.5) is 0 Å². The molecule has 1 fully saturated rings. The van der Waals surface area contributed by atoms with Gasteiger partial charge in [0, 0.05) is 0 Å². The summed E-state index contributed by atoms with van der Waals surface area (Å²) in [7, 11) is -3.00. The second-order valence-electron chi connectivity index (χ2n) is 3.78. The SMILES string of the molecule is CCC(O)CC1(C=O)CS(=O)(=O)C1. The van der Waals surface area contributed by atoms with E-state index in [-0.39, 0.29) is 17.9 Å². The van der Waals surface area contributed by atoms with E-state index >= 15 is 0 Å². The second kappa shape index (κ2) is 3.38. The molecule has 0 saturated carbocycles. The minimum Gasteiger partial charge on any atom is -0.393 e. The van der Waals surface area contributed by atoms with Crippen LogP contribution in [-0.2, 0) is 14.6 Å². The Bertz CT molecular complexity index is 281. The molecule has 0 bridgehead atoms. The zero-order chi connectivity index (χ0) is 10.1. The molecule has 1 N–H and O–H groups in total. The van der Waals surface area contributed by atoms with Gasteiger partial charge in [-0.25, -0.2) is 8.42 Å². The third-order valence-electron chi connectivity index (χ3n) is 2.38. The van der Waals surface area contributed by atoms with Gasteiger partial charge in [0.1, 0.15) is 6.29 Å². The van der Waals surface area contributed by atoms with Crippen LogP contribution in [0.3, 0.4) is 0 Å². The van der Waals surface area contributed by atoms with Crippen molar-refractivity contribution in [3.05, 3.63) is 0 Å². The molecule has 1 aliphatic rings. The van der Waals surface area contributed by atoms with Gasteiger partial charge in [-0.3, -0.25) is 0 Å². The van der Waals surface area contributed by atoms with Crippen molar-refractivity contribution < 1.29 is 18.3 Å². The van der Waals surface area contributed by atoms with E-state index in [1.165, 1.54) is 0 Å². The Kier molecular flexibility index (Phi) is 2.77. The molecule has 1 heterocycles. The predicted octanol–water partition coefficient (Wildman–Crippen LogP) is -0.239. The molecule has 0 aromatic heterocycles. The lowest BCUT2D eigenvalue weighted by Gasteiger charge is -2.37. The molecule has 0 amide bonds. The van der Waals surface area contributed by atoms with Gasteiger partial charge in [-0.05, 0) is 12.8 Å². The van der Waals surface area contributed by atoms with E-state index in [0.29, 0.717) is 12.7 Å². The van der Waals surface area contributed by atoms with E-state index in [9.17, 15) is 18.3 Å². The highest BCUT2D eigenvalue weighted by Gasteiger charge is 2.49. The Balaban J connectivity index is 2.60. The normalized spacial score (nSPS) is 26.0. The number of aliphatic hydroxyl groups is 1. The summed E-state index contributed by atoms with van der Waals surface area (Å²) in [6.45, 7) is 1.80. The third-order valence-corrected chi connectivity index (χ3v) is 4.41. The smallest absolute Gasteiger partial charge is 0.152 e. The Morgan fingerprint density at radius 1 is 1.54 bits per heavy atom. The molecule has 1 atom stereocenters. The van der Waals surface area contributed by atoms with Gasteiger partial charge >= 0.3 is 0 Å². The fourth-order valence-electron chi connectivity index (χ4n) is 1.68. The van der Waals surface area contributed by atoms with Crippen LogP contribution in [0.1, 0.15) is 19.8 Å². The van der Waals surface area contributed by atoms with Gasteiger partial charge in [0.2, 0.25) is 0 Å². The zero-order valence-electron chi connectivity index (χ0n) is 7.56. The van der Waals surface area contributed by atoms with Gasteiger partial charge in [-0.15, -0.1) is 0 Å². The first-order valence-electron chi connectivity index (χ1n) is 4.28. The maximum Gasteiger partial charge on any atom is 0.152 e. The fraction of sp³-hybridized carbons (Fsp3) is 0.875. The number of sulfone groups is 1. The Morgan fingerprint density at radius 3 is 2.38 bits per heavy atom. The maximum atomic E-state index is 10.9. The Morgan fingerprint density at radius 2 is 2.08 bits per heavy atom. The lowest BCUT2D eigenvalue weighted by Crippen LogP contribution is -2.51. The molecule has 1 saturated heterocycles. The molecule has 0 aromatic carbocycles. The van der Waals surface area contributed by atoms with Crippen molar-refractivity contribution in [3.8, 4) is 0 Å². The largest absolute Gasteiger partial charge is 0.393 e. The zero-order valence-corrected chi connectivity index (χ0v) is 8.38. The van der Waals surface area contributed by atoms with Gasteiger partial charge < -0.3 is 9.90 Å².